The maximum atomic E-state index is 6.24. The van der Waals surface area contributed by atoms with Crippen LogP contribution in [-0.4, -0.2) is 17.5 Å². The van der Waals surface area contributed by atoms with E-state index in [4.69, 9.17) is 10.7 Å². The van der Waals surface area contributed by atoms with Crippen LogP contribution in [0.1, 0.15) is 48.0 Å². The summed E-state index contributed by atoms with van der Waals surface area (Å²) in [5, 5.41) is 10.0. The summed E-state index contributed by atoms with van der Waals surface area (Å²) in [5.41, 5.74) is 16.9. The fourth-order valence-electron chi connectivity index (χ4n) is 5.91. The number of nitrogens with two attached hydrogens (primary N) is 1. The van der Waals surface area contributed by atoms with E-state index in [1.54, 1.807) is 35.9 Å². The number of rotatable bonds is 9. The minimum Gasteiger partial charge on any atom is -0.404 e. The molecule has 0 amide bonds. The molecule has 0 saturated carbocycles. The van der Waals surface area contributed by atoms with Crippen LogP contribution in [-0.2, 0) is 5.41 Å². The summed E-state index contributed by atoms with van der Waals surface area (Å²) in [5.74, 6) is 0.974. The zero-order chi connectivity index (χ0) is 29.1. The first-order chi connectivity index (χ1) is 20.5. The molecule has 1 aromatic heterocycles. The Morgan fingerprint density at radius 3 is 2.67 bits per heavy atom. The molecule has 4 aromatic rings. The van der Waals surface area contributed by atoms with Crippen molar-refractivity contribution in [3.63, 3.8) is 0 Å². The molecule has 3 N–H and O–H groups in total. The van der Waals surface area contributed by atoms with E-state index in [1.165, 1.54) is 44.2 Å². The quantitative estimate of drug-likeness (QED) is 0.116. The SMILES string of the molecule is C=N/C=C\SCC/C=C\C(=C/N)c1cc2c(c3ccccc13)-c1ccc(-c3ccc(C4NC=CS4)nc3)cc1C2(C)C. The van der Waals surface area contributed by atoms with Gasteiger partial charge in [-0.2, -0.15) is 0 Å². The van der Waals surface area contributed by atoms with E-state index >= 15 is 0 Å². The van der Waals surface area contributed by atoms with Crippen molar-refractivity contribution in [2.45, 2.75) is 31.1 Å². The van der Waals surface area contributed by atoms with Gasteiger partial charge in [-0.05, 0) is 91.9 Å². The van der Waals surface area contributed by atoms with Gasteiger partial charge in [0.25, 0.3) is 0 Å². The number of benzene rings is 3. The molecule has 1 aliphatic heterocycles. The summed E-state index contributed by atoms with van der Waals surface area (Å²) in [6.07, 6.45) is 12.7. The lowest BCUT2D eigenvalue weighted by Gasteiger charge is -2.23. The minimum atomic E-state index is -0.172. The highest BCUT2D eigenvalue weighted by atomic mass is 32.2. The van der Waals surface area contributed by atoms with Gasteiger partial charge in [-0.1, -0.05) is 68.5 Å². The van der Waals surface area contributed by atoms with Crippen LogP contribution in [0.5, 0.6) is 0 Å². The number of hydrogen-bond acceptors (Lipinski definition) is 6. The van der Waals surface area contributed by atoms with Gasteiger partial charge in [-0.3, -0.25) is 9.98 Å². The molecule has 0 radical (unpaired) electrons. The van der Waals surface area contributed by atoms with E-state index in [9.17, 15) is 0 Å². The lowest BCUT2D eigenvalue weighted by molar-refractivity contribution is 0.661. The third-order valence-electron chi connectivity index (χ3n) is 8.05. The number of fused-ring (bicyclic) bond motifs is 5. The molecule has 2 heterocycles. The molecular weight excluding hydrogens is 553 g/mol. The van der Waals surface area contributed by atoms with Crippen molar-refractivity contribution in [2.24, 2.45) is 10.7 Å². The number of nitrogens with zero attached hydrogens (tertiary/aromatic N) is 2. The van der Waals surface area contributed by atoms with E-state index < -0.39 is 0 Å². The van der Waals surface area contributed by atoms with Crippen molar-refractivity contribution < 1.29 is 0 Å². The van der Waals surface area contributed by atoms with Gasteiger partial charge in [0.2, 0.25) is 0 Å². The Morgan fingerprint density at radius 1 is 1.10 bits per heavy atom. The maximum absolute atomic E-state index is 6.24. The third-order valence-corrected chi connectivity index (χ3v) is 9.78. The summed E-state index contributed by atoms with van der Waals surface area (Å²) in [6.45, 7) is 8.15. The molecule has 4 nitrogen and oxygen atoms in total. The van der Waals surface area contributed by atoms with Gasteiger partial charge in [-0.25, -0.2) is 0 Å². The Kier molecular flexibility index (Phi) is 8.09. The highest BCUT2D eigenvalue weighted by molar-refractivity contribution is 8.02. The topological polar surface area (TPSA) is 63.3 Å². The van der Waals surface area contributed by atoms with Crippen LogP contribution in [0.4, 0.5) is 0 Å². The molecule has 0 fully saturated rings. The van der Waals surface area contributed by atoms with E-state index in [-0.39, 0.29) is 10.8 Å². The largest absolute Gasteiger partial charge is 0.404 e. The summed E-state index contributed by atoms with van der Waals surface area (Å²) in [7, 11) is 0. The second-order valence-electron chi connectivity index (χ2n) is 10.9. The van der Waals surface area contributed by atoms with Gasteiger partial charge >= 0.3 is 0 Å². The fourth-order valence-corrected chi connectivity index (χ4v) is 7.24. The molecule has 1 aliphatic carbocycles. The van der Waals surface area contributed by atoms with E-state index in [1.807, 2.05) is 17.8 Å². The maximum Gasteiger partial charge on any atom is 0.119 e. The molecule has 0 spiro atoms. The number of nitrogens with one attached hydrogen (secondary N) is 1. The highest BCUT2D eigenvalue weighted by Crippen LogP contribution is 2.53. The second-order valence-corrected chi connectivity index (χ2v) is 12.9. The number of aromatic nitrogens is 1. The highest BCUT2D eigenvalue weighted by Gasteiger charge is 2.37. The first-order valence-electron chi connectivity index (χ1n) is 14.1. The van der Waals surface area contributed by atoms with E-state index in [2.05, 4.69) is 109 Å². The Labute approximate surface area is 256 Å². The van der Waals surface area contributed by atoms with Crippen LogP contribution >= 0.6 is 23.5 Å². The van der Waals surface area contributed by atoms with Crippen LogP contribution in [0, 0.1) is 0 Å². The Bertz CT molecular complexity index is 1760. The van der Waals surface area contributed by atoms with Crippen LogP contribution in [0.15, 0.2) is 113 Å². The number of pyridine rings is 1. The summed E-state index contributed by atoms with van der Waals surface area (Å²) in [4.78, 5) is 8.53. The fraction of sp³-hybridized carbons (Fsp3) is 0.167. The van der Waals surface area contributed by atoms with Crippen molar-refractivity contribution in [1.29, 1.82) is 0 Å². The van der Waals surface area contributed by atoms with Gasteiger partial charge in [-0.15, -0.1) is 23.5 Å². The predicted molar refractivity (Wildman–Crippen MR) is 184 cm³/mol. The summed E-state index contributed by atoms with van der Waals surface area (Å²) >= 11 is 3.47. The first-order valence-corrected chi connectivity index (χ1v) is 16.1. The monoisotopic (exact) mass is 586 g/mol. The molecule has 3 aromatic carbocycles. The molecule has 6 heteroatoms. The predicted octanol–water partition coefficient (Wildman–Crippen LogP) is 9.17. The van der Waals surface area contributed by atoms with Gasteiger partial charge in [0.15, 0.2) is 0 Å². The number of hydrogen-bond donors (Lipinski definition) is 2. The summed E-state index contributed by atoms with van der Waals surface area (Å²) < 4.78 is 0. The van der Waals surface area contributed by atoms with E-state index in [0.29, 0.717) is 0 Å². The van der Waals surface area contributed by atoms with Crippen LogP contribution in [0.2, 0.25) is 0 Å². The molecule has 0 bridgehead atoms. The second kappa shape index (κ2) is 12.1. The summed E-state index contributed by atoms with van der Waals surface area (Å²) in [6, 6.07) is 22.3. The molecule has 42 heavy (non-hydrogen) atoms. The lowest BCUT2D eigenvalue weighted by Crippen LogP contribution is -2.15. The van der Waals surface area contributed by atoms with Crippen LogP contribution in [0.3, 0.4) is 0 Å². The lowest BCUT2D eigenvalue weighted by atomic mass is 9.80. The Morgan fingerprint density at radius 2 is 1.93 bits per heavy atom. The van der Waals surface area contributed by atoms with Gasteiger partial charge in [0.05, 0.1) is 5.69 Å². The molecule has 6 rings (SSSR count). The van der Waals surface area contributed by atoms with Gasteiger partial charge in [0, 0.05) is 41.5 Å². The molecule has 0 saturated heterocycles. The van der Waals surface area contributed by atoms with Crippen molar-refractivity contribution in [3.8, 4) is 22.3 Å². The molecule has 2 aliphatic rings. The van der Waals surface area contributed by atoms with Gasteiger partial charge in [0.1, 0.15) is 5.37 Å². The normalized spacial score (nSPS) is 17.2. The Balaban J connectivity index is 1.36. The molecule has 1 unspecified atom stereocenters. The average Bonchev–Trinajstić information content (AvgIpc) is 3.64. The van der Waals surface area contributed by atoms with Crippen molar-refractivity contribution in [3.05, 3.63) is 131 Å². The van der Waals surface area contributed by atoms with Crippen LogP contribution in [0.25, 0.3) is 38.6 Å². The zero-order valence-electron chi connectivity index (χ0n) is 23.9. The van der Waals surface area contributed by atoms with Crippen molar-refractivity contribution in [2.75, 3.05) is 5.75 Å². The number of aliphatic imine (C=N–C) groups is 1. The smallest absolute Gasteiger partial charge is 0.119 e. The Hall–Kier alpha value is -4.00. The third kappa shape index (κ3) is 5.21. The van der Waals surface area contributed by atoms with Crippen molar-refractivity contribution >= 4 is 46.6 Å². The standard InChI is InChI=1S/C36H34N4S2/c1-36(2)31-20-24(26-12-14-33(40-23-26)35-39-16-19-42-35)11-13-29(31)34-28-10-5-4-9-27(28)30(21-32(34)36)25(22-37)8-6-7-17-41-18-15-38-3/h4-6,8-16,18-23,35,39H,3,7,17,37H2,1-2H3/b8-6-,18-15-,25-22+. The molecular formula is C36H34N4S2. The zero-order valence-corrected chi connectivity index (χ0v) is 25.5. The van der Waals surface area contributed by atoms with Crippen molar-refractivity contribution in [1.82, 2.24) is 10.3 Å². The molecule has 1 atom stereocenters. The number of allylic oxidation sites excluding steroid dienone is 3. The van der Waals surface area contributed by atoms with E-state index in [0.717, 1.165) is 29.0 Å². The average molecular weight is 587 g/mol. The minimum absolute atomic E-state index is 0.172. The van der Waals surface area contributed by atoms with Crippen LogP contribution < -0.4 is 11.1 Å². The number of thioether (sulfide) groups is 2. The van der Waals surface area contributed by atoms with Gasteiger partial charge < -0.3 is 11.1 Å². The molecule has 210 valence electrons. The first kappa shape index (κ1) is 28.1.